The van der Waals surface area contributed by atoms with E-state index in [9.17, 15) is 13.2 Å². The summed E-state index contributed by atoms with van der Waals surface area (Å²) in [6.07, 6.45) is 3.54. The summed E-state index contributed by atoms with van der Waals surface area (Å²) in [6.45, 7) is 0. The number of nitrogens with one attached hydrogen (secondary N) is 1. The Morgan fingerprint density at radius 2 is 2.08 bits per heavy atom. The maximum atomic E-state index is 12.7. The fraction of sp³-hybridized carbons (Fsp3) is 0.294. The molecule has 1 aromatic carbocycles. The average Bonchev–Trinajstić information content (AvgIpc) is 2.96. The van der Waals surface area contributed by atoms with Crippen molar-refractivity contribution < 1.29 is 13.2 Å². The summed E-state index contributed by atoms with van der Waals surface area (Å²) < 4.78 is 23.2. The molecule has 0 saturated carbocycles. The molecule has 2 aromatic rings. The smallest absolute Gasteiger partial charge is 0.255 e. The van der Waals surface area contributed by atoms with Gasteiger partial charge in [-0.3, -0.25) is 9.78 Å². The number of nitrogens with zero attached hydrogens (tertiary/aromatic N) is 2. The number of hydrogen-bond donors (Lipinski definition) is 1. The number of amides is 1. The number of pyridine rings is 1. The quantitative estimate of drug-likeness (QED) is 0.883. The van der Waals surface area contributed by atoms with Gasteiger partial charge in [-0.15, -0.1) is 0 Å². The summed E-state index contributed by atoms with van der Waals surface area (Å²) in [5.74, 6) is -0.112. The first-order chi connectivity index (χ1) is 11.9. The Kier molecular flexibility index (Phi) is 4.96. The number of para-hydroxylation sites is 1. The summed E-state index contributed by atoms with van der Waals surface area (Å²) in [6, 6.07) is 8.66. The zero-order valence-electron chi connectivity index (χ0n) is 13.6. The average molecular weight is 380 g/mol. The van der Waals surface area contributed by atoms with Crippen LogP contribution in [-0.2, 0) is 9.84 Å². The van der Waals surface area contributed by atoms with Crippen LogP contribution in [0.15, 0.2) is 42.7 Å². The lowest BCUT2D eigenvalue weighted by Crippen LogP contribution is -2.37. The van der Waals surface area contributed by atoms with E-state index in [2.05, 4.69) is 10.3 Å². The fourth-order valence-corrected chi connectivity index (χ4v) is 4.75. The van der Waals surface area contributed by atoms with Crippen molar-refractivity contribution in [3.8, 4) is 0 Å². The molecule has 6 nitrogen and oxygen atoms in total. The van der Waals surface area contributed by atoms with E-state index in [1.165, 1.54) is 11.1 Å². The second-order valence-corrected chi connectivity index (χ2v) is 8.68. The minimum atomic E-state index is -3.05. The van der Waals surface area contributed by atoms with Gasteiger partial charge in [-0.25, -0.2) is 8.42 Å². The highest BCUT2D eigenvalue weighted by Gasteiger charge is 2.33. The first kappa shape index (κ1) is 17.7. The molecule has 1 aromatic heterocycles. The molecule has 0 aliphatic carbocycles. The van der Waals surface area contributed by atoms with Crippen LogP contribution in [0.2, 0.25) is 5.02 Å². The molecule has 1 fully saturated rings. The molecule has 1 unspecified atom stereocenters. The third kappa shape index (κ3) is 4.11. The third-order valence-corrected chi connectivity index (χ3v) is 6.29. The summed E-state index contributed by atoms with van der Waals surface area (Å²) in [4.78, 5) is 18.2. The van der Waals surface area contributed by atoms with E-state index in [-0.39, 0.29) is 23.5 Å². The monoisotopic (exact) mass is 379 g/mol. The first-order valence-corrected chi connectivity index (χ1v) is 10.00. The van der Waals surface area contributed by atoms with E-state index in [1.807, 2.05) is 18.2 Å². The largest absolute Gasteiger partial charge is 0.353 e. The van der Waals surface area contributed by atoms with Crippen LogP contribution in [0.4, 0.5) is 11.4 Å². The van der Waals surface area contributed by atoms with Gasteiger partial charge in [0.1, 0.15) is 0 Å². The molecule has 1 atom stereocenters. The molecule has 1 amide bonds. The predicted octanol–water partition coefficient (Wildman–Crippen LogP) is 2.74. The third-order valence-electron chi connectivity index (χ3n) is 4.21. The normalized spacial score (nSPS) is 18.7. The van der Waals surface area contributed by atoms with Crippen LogP contribution in [0.3, 0.4) is 0 Å². The van der Waals surface area contributed by atoms with Gasteiger partial charge in [0.25, 0.3) is 5.91 Å². The van der Waals surface area contributed by atoms with Gasteiger partial charge in [-0.05, 0) is 24.6 Å². The molecule has 1 N–H and O–H groups in total. The van der Waals surface area contributed by atoms with Gasteiger partial charge in [0.2, 0.25) is 0 Å². The molecule has 1 saturated heterocycles. The molecule has 0 bridgehead atoms. The molecule has 25 heavy (non-hydrogen) atoms. The Balaban J connectivity index is 1.77. The lowest BCUT2D eigenvalue weighted by molar-refractivity contribution is 0.0747. The van der Waals surface area contributed by atoms with Crippen molar-refractivity contribution in [1.82, 2.24) is 9.88 Å². The standard InChI is InChI=1S/C17H18ClN3O3S/c1-21(14-6-7-25(23,24)11-14)17(22)12-8-13(10-19-9-12)20-16-5-3-2-4-15(16)18/h2-5,8-10,14,20H,6-7,11H2,1H3. The van der Waals surface area contributed by atoms with Crippen molar-refractivity contribution in [2.24, 2.45) is 0 Å². The van der Waals surface area contributed by atoms with Crippen LogP contribution >= 0.6 is 11.6 Å². The number of anilines is 2. The van der Waals surface area contributed by atoms with Crippen molar-refractivity contribution in [1.29, 1.82) is 0 Å². The van der Waals surface area contributed by atoms with E-state index in [0.29, 0.717) is 28.4 Å². The molecule has 8 heteroatoms. The van der Waals surface area contributed by atoms with Crippen LogP contribution in [0.5, 0.6) is 0 Å². The fourth-order valence-electron chi connectivity index (χ4n) is 2.79. The van der Waals surface area contributed by atoms with Crippen LogP contribution in [0.1, 0.15) is 16.8 Å². The molecule has 0 spiro atoms. The minimum absolute atomic E-state index is 0.0141. The molecular weight excluding hydrogens is 362 g/mol. The second-order valence-electron chi connectivity index (χ2n) is 6.04. The second kappa shape index (κ2) is 7.01. The van der Waals surface area contributed by atoms with Crippen molar-refractivity contribution >= 4 is 38.7 Å². The Morgan fingerprint density at radius 3 is 2.76 bits per heavy atom. The van der Waals surface area contributed by atoms with Gasteiger partial charge in [0, 0.05) is 19.3 Å². The van der Waals surface area contributed by atoms with E-state index in [4.69, 9.17) is 11.6 Å². The Hall–Kier alpha value is -2.12. The Morgan fingerprint density at radius 1 is 1.32 bits per heavy atom. The SMILES string of the molecule is CN(C(=O)c1cncc(Nc2ccccc2Cl)c1)C1CCS(=O)(=O)C1. The van der Waals surface area contributed by atoms with Gasteiger partial charge >= 0.3 is 0 Å². The first-order valence-electron chi connectivity index (χ1n) is 7.80. The zero-order valence-corrected chi connectivity index (χ0v) is 15.2. The van der Waals surface area contributed by atoms with Crippen LogP contribution in [0, 0.1) is 0 Å². The number of hydrogen-bond acceptors (Lipinski definition) is 5. The molecule has 1 aliphatic heterocycles. The lowest BCUT2D eigenvalue weighted by atomic mass is 10.2. The molecule has 132 valence electrons. The number of carbonyl (C=O) groups excluding carboxylic acids is 1. The van der Waals surface area contributed by atoms with Crippen molar-refractivity contribution in [3.63, 3.8) is 0 Å². The van der Waals surface area contributed by atoms with E-state index in [1.54, 1.807) is 25.4 Å². The number of aromatic nitrogens is 1. The van der Waals surface area contributed by atoms with Crippen LogP contribution in [0.25, 0.3) is 0 Å². The highest BCUT2D eigenvalue weighted by atomic mass is 35.5. The number of benzene rings is 1. The predicted molar refractivity (Wildman–Crippen MR) is 98.1 cm³/mol. The van der Waals surface area contributed by atoms with Gasteiger partial charge in [0.15, 0.2) is 9.84 Å². The molecule has 3 rings (SSSR count). The van der Waals surface area contributed by atoms with Crippen molar-refractivity contribution in [2.45, 2.75) is 12.5 Å². The summed E-state index contributed by atoms with van der Waals surface area (Å²) in [5.41, 5.74) is 1.74. The zero-order chi connectivity index (χ0) is 18.0. The van der Waals surface area contributed by atoms with Gasteiger partial charge in [-0.2, -0.15) is 0 Å². The highest BCUT2D eigenvalue weighted by molar-refractivity contribution is 7.91. The number of carbonyl (C=O) groups is 1. The summed E-state index contributed by atoms with van der Waals surface area (Å²) >= 11 is 6.12. The Labute approximate surface area is 151 Å². The van der Waals surface area contributed by atoms with E-state index >= 15 is 0 Å². The number of halogens is 1. The maximum absolute atomic E-state index is 12.7. The molecular formula is C17H18ClN3O3S. The van der Waals surface area contributed by atoms with Gasteiger partial charge < -0.3 is 10.2 Å². The van der Waals surface area contributed by atoms with E-state index in [0.717, 1.165) is 0 Å². The van der Waals surface area contributed by atoms with Crippen molar-refractivity contribution in [3.05, 3.63) is 53.3 Å². The summed E-state index contributed by atoms with van der Waals surface area (Å²) in [5, 5.41) is 3.69. The van der Waals surface area contributed by atoms with Crippen LogP contribution in [-0.4, -0.2) is 48.8 Å². The number of rotatable bonds is 4. The summed E-state index contributed by atoms with van der Waals surface area (Å²) in [7, 11) is -1.42. The van der Waals surface area contributed by atoms with Gasteiger partial charge in [-0.1, -0.05) is 23.7 Å². The minimum Gasteiger partial charge on any atom is -0.353 e. The van der Waals surface area contributed by atoms with Gasteiger partial charge in [0.05, 0.1) is 39.7 Å². The molecule has 2 heterocycles. The Bertz CT molecular complexity index is 902. The lowest BCUT2D eigenvalue weighted by Gasteiger charge is -2.23. The molecule has 0 radical (unpaired) electrons. The van der Waals surface area contributed by atoms with Crippen molar-refractivity contribution in [2.75, 3.05) is 23.9 Å². The highest BCUT2D eigenvalue weighted by Crippen LogP contribution is 2.25. The maximum Gasteiger partial charge on any atom is 0.255 e. The number of sulfone groups is 1. The van der Waals surface area contributed by atoms with Crippen LogP contribution < -0.4 is 5.32 Å². The topological polar surface area (TPSA) is 79.4 Å². The van der Waals surface area contributed by atoms with E-state index < -0.39 is 9.84 Å². The molecule has 1 aliphatic rings.